The summed E-state index contributed by atoms with van der Waals surface area (Å²) in [6.45, 7) is 3.91. The molecule has 2 N–H and O–H groups in total. The van der Waals surface area contributed by atoms with Gasteiger partial charge in [-0.2, -0.15) is 0 Å². The van der Waals surface area contributed by atoms with Gasteiger partial charge in [-0.15, -0.1) is 0 Å². The van der Waals surface area contributed by atoms with Crippen LogP contribution in [0.15, 0.2) is 0 Å². The van der Waals surface area contributed by atoms with Gasteiger partial charge in [0.25, 0.3) is 0 Å². The molecule has 4 nitrogen and oxygen atoms in total. The summed E-state index contributed by atoms with van der Waals surface area (Å²) >= 11 is 0. The lowest BCUT2D eigenvalue weighted by molar-refractivity contribution is -0.137. The summed E-state index contributed by atoms with van der Waals surface area (Å²) in [5, 5.41) is 11.5. The lowest BCUT2D eigenvalue weighted by Crippen LogP contribution is -2.35. The first-order valence-corrected chi connectivity index (χ1v) is 5.53. The van der Waals surface area contributed by atoms with Gasteiger partial charge < -0.3 is 10.4 Å². The Morgan fingerprint density at radius 1 is 1.40 bits per heavy atom. The van der Waals surface area contributed by atoms with Crippen LogP contribution in [-0.4, -0.2) is 23.0 Å². The minimum absolute atomic E-state index is 0.0220. The number of aliphatic carboxylic acids is 1. The molecule has 1 aliphatic rings. The molecular formula is C11H19NO3. The molecule has 0 aromatic heterocycles. The van der Waals surface area contributed by atoms with Gasteiger partial charge in [0.05, 0.1) is 0 Å². The van der Waals surface area contributed by atoms with Gasteiger partial charge in [-0.3, -0.25) is 9.59 Å². The number of hydrogen-bond donors (Lipinski definition) is 2. The van der Waals surface area contributed by atoms with Crippen LogP contribution in [0.2, 0.25) is 0 Å². The fraction of sp³-hybridized carbons (Fsp3) is 0.818. The summed E-state index contributed by atoms with van der Waals surface area (Å²) in [6.07, 6.45) is 2.64. The van der Waals surface area contributed by atoms with Crippen LogP contribution in [-0.2, 0) is 9.59 Å². The molecule has 1 fully saturated rings. The highest BCUT2D eigenvalue weighted by Crippen LogP contribution is 2.22. The Morgan fingerprint density at radius 2 is 2.00 bits per heavy atom. The van der Waals surface area contributed by atoms with Crippen molar-refractivity contribution in [3.63, 3.8) is 0 Å². The average Bonchev–Trinajstić information content (AvgIpc) is 2.87. The standard InChI is InChI=1S/C11H19NO3/c1-7(2)9(5-6-10(13)14)11(15)12-8-3-4-8/h7-9H,3-6H2,1-2H3,(H,12,15)(H,13,14). The van der Waals surface area contributed by atoms with Crippen molar-refractivity contribution in [1.29, 1.82) is 0 Å². The third kappa shape index (κ3) is 4.32. The van der Waals surface area contributed by atoms with E-state index in [0.717, 1.165) is 12.8 Å². The van der Waals surface area contributed by atoms with Crippen LogP contribution in [0.25, 0.3) is 0 Å². The summed E-state index contributed by atoms with van der Waals surface area (Å²) in [6, 6.07) is 0.351. The highest BCUT2D eigenvalue weighted by molar-refractivity contribution is 5.80. The number of amides is 1. The van der Waals surface area contributed by atoms with Crippen molar-refractivity contribution in [3.8, 4) is 0 Å². The lowest BCUT2D eigenvalue weighted by atomic mass is 9.90. The molecule has 0 heterocycles. The second-order valence-corrected chi connectivity index (χ2v) is 4.57. The second-order valence-electron chi connectivity index (χ2n) is 4.57. The van der Waals surface area contributed by atoms with Crippen molar-refractivity contribution in [3.05, 3.63) is 0 Å². The number of carboxylic acid groups (broad SMARTS) is 1. The fourth-order valence-electron chi connectivity index (χ4n) is 1.58. The van der Waals surface area contributed by atoms with E-state index in [-0.39, 0.29) is 24.2 Å². The summed E-state index contributed by atoms with van der Waals surface area (Å²) in [7, 11) is 0. The van der Waals surface area contributed by atoms with Gasteiger partial charge in [0.1, 0.15) is 0 Å². The molecule has 1 atom stereocenters. The molecule has 86 valence electrons. The topological polar surface area (TPSA) is 66.4 Å². The van der Waals surface area contributed by atoms with Crippen molar-refractivity contribution >= 4 is 11.9 Å². The largest absolute Gasteiger partial charge is 0.481 e. The molecule has 1 saturated carbocycles. The number of rotatable bonds is 6. The Bertz CT molecular complexity index is 246. The number of nitrogens with one attached hydrogen (secondary N) is 1. The zero-order valence-electron chi connectivity index (χ0n) is 9.32. The van der Waals surface area contributed by atoms with Gasteiger partial charge >= 0.3 is 5.97 Å². The van der Waals surface area contributed by atoms with Gasteiger partial charge in [-0.1, -0.05) is 13.8 Å². The minimum atomic E-state index is -0.833. The number of carboxylic acids is 1. The molecule has 1 unspecified atom stereocenters. The lowest BCUT2D eigenvalue weighted by Gasteiger charge is -2.19. The molecule has 0 radical (unpaired) electrons. The first-order chi connectivity index (χ1) is 7.00. The van der Waals surface area contributed by atoms with E-state index >= 15 is 0 Å². The van der Waals surface area contributed by atoms with Crippen molar-refractivity contribution < 1.29 is 14.7 Å². The fourth-order valence-corrected chi connectivity index (χ4v) is 1.58. The SMILES string of the molecule is CC(C)C(CCC(=O)O)C(=O)NC1CC1. The highest BCUT2D eigenvalue weighted by atomic mass is 16.4. The van der Waals surface area contributed by atoms with Gasteiger partial charge in [0.2, 0.25) is 5.91 Å². The molecule has 4 heteroatoms. The third-order valence-corrected chi connectivity index (χ3v) is 2.73. The summed E-state index contributed by atoms with van der Waals surface area (Å²) < 4.78 is 0. The Balaban J connectivity index is 2.40. The maximum absolute atomic E-state index is 11.7. The van der Waals surface area contributed by atoms with Crippen molar-refractivity contribution in [2.75, 3.05) is 0 Å². The predicted molar refractivity (Wildman–Crippen MR) is 56.4 cm³/mol. The van der Waals surface area contributed by atoms with Crippen LogP contribution >= 0.6 is 0 Å². The molecule has 0 aromatic carbocycles. The third-order valence-electron chi connectivity index (χ3n) is 2.73. The quantitative estimate of drug-likeness (QED) is 0.701. The molecule has 0 aliphatic heterocycles. The first-order valence-electron chi connectivity index (χ1n) is 5.53. The Labute approximate surface area is 90.0 Å². The average molecular weight is 213 g/mol. The summed E-state index contributed by atoms with van der Waals surface area (Å²) in [4.78, 5) is 22.2. The van der Waals surface area contributed by atoms with E-state index in [2.05, 4.69) is 5.32 Å². The van der Waals surface area contributed by atoms with Crippen LogP contribution in [0.5, 0.6) is 0 Å². The maximum atomic E-state index is 11.7. The van der Waals surface area contributed by atoms with E-state index in [1.807, 2.05) is 13.8 Å². The molecule has 1 aliphatic carbocycles. The van der Waals surface area contributed by atoms with E-state index < -0.39 is 5.97 Å². The van der Waals surface area contributed by atoms with Crippen LogP contribution in [0.3, 0.4) is 0 Å². The Kier molecular flexibility index (Phi) is 4.12. The summed E-state index contributed by atoms with van der Waals surface area (Å²) in [5.41, 5.74) is 0. The molecule has 1 amide bonds. The zero-order valence-corrected chi connectivity index (χ0v) is 9.32. The summed E-state index contributed by atoms with van der Waals surface area (Å²) in [5.74, 6) is -0.779. The second kappa shape index (κ2) is 5.14. The number of carbonyl (C=O) groups is 2. The van der Waals surface area contributed by atoms with E-state index in [0.29, 0.717) is 12.5 Å². The van der Waals surface area contributed by atoms with Crippen LogP contribution in [0.1, 0.15) is 39.5 Å². The molecular weight excluding hydrogens is 194 g/mol. The van der Waals surface area contributed by atoms with Gasteiger partial charge in [0.15, 0.2) is 0 Å². The van der Waals surface area contributed by atoms with Gasteiger partial charge in [0, 0.05) is 18.4 Å². The van der Waals surface area contributed by atoms with Crippen LogP contribution in [0.4, 0.5) is 0 Å². The normalized spacial score (nSPS) is 17.5. The molecule has 15 heavy (non-hydrogen) atoms. The number of carbonyl (C=O) groups excluding carboxylic acids is 1. The maximum Gasteiger partial charge on any atom is 0.303 e. The van der Waals surface area contributed by atoms with E-state index in [1.165, 1.54) is 0 Å². The van der Waals surface area contributed by atoms with Crippen LogP contribution < -0.4 is 5.32 Å². The molecule has 0 saturated heterocycles. The van der Waals surface area contributed by atoms with Crippen molar-refractivity contribution in [1.82, 2.24) is 5.32 Å². The molecule has 0 aromatic rings. The Hall–Kier alpha value is -1.06. The predicted octanol–water partition coefficient (Wildman–Crippen LogP) is 1.40. The minimum Gasteiger partial charge on any atom is -0.481 e. The van der Waals surface area contributed by atoms with E-state index in [4.69, 9.17) is 5.11 Å². The number of hydrogen-bond acceptors (Lipinski definition) is 2. The smallest absolute Gasteiger partial charge is 0.303 e. The molecule has 0 spiro atoms. The van der Waals surface area contributed by atoms with Crippen molar-refractivity contribution in [2.24, 2.45) is 11.8 Å². The first kappa shape index (κ1) is 12.0. The monoisotopic (exact) mass is 213 g/mol. The van der Waals surface area contributed by atoms with Gasteiger partial charge in [-0.25, -0.2) is 0 Å². The van der Waals surface area contributed by atoms with Crippen LogP contribution in [0, 0.1) is 11.8 Å². The Morgan fingerprint density at radius 3 is 2.40 bits per heavy atom. The molecule has 0 bridgehead atoms. The molecule has 1 rings (SSSR count). The van der Waals surface area contributed by atoms with E-state index in [9.17, 15) is 9.59 Å². The highest BCUT2D eigenvalue weighted by Gasteiger charge is 2.29. The van der Waals surface area contributed by atoms with Gasteiger partial charge in [-0.05, 0) is 25.2 Å². The van der Waals surface area contributed by atoms with Crippen molar-refractivity contribution in [2.45, 2.75) is 45.6 Å². The zero-order chi connectivity index (χ0) is 11.4. The van der Waals surface area contributed by atoms with E-state index in [1.54, 1.807) is 0 Å².